The lowest BCUT2D eigenvalue weighted by molar-refractivity contribution is 0.218. The van der Waals surface area contributed by atoms with Gasteiger partial charge in [-0.3, -0.25) is 19.8 Å². The predicted molar refractivity (Wildman–Crippen MR) is 227 cm³/mol. The maximum absolute atomic E-state index is 12.5. The Bertz CT molecular complexity index is 1950. The molecule has 0 spiro atoms. The molecule has 2 saturated heterocycles. The fraction of sp³-hybridized carbons (Fsp3) is 0.350. The van der Waals surface area contributed by atoms with Crippen molar-refractivity contribution < 1.29 is 19.1 Å². The number of pyridine rings is 2. The molecule has 5 aromatic rings. The molecule has 5 heterocycles. The lowest BCUT2D eigenvalue weighted by atomic mass is 10.2. The van der Waals surface area contributed by atoms with Crippen molar-refractivity contribution in [3.63, 3.8) is 0 Å². The van der Waals surface area contributed by atoms with Crippen molar-refractivity contribution in [3.8, 4) is 29.0 Å². The SMILES string of the molecule is I.N.N#Cc1ccc(OCCCCCN2CCN(c3ccncc3)C2=O)cc1.O=C1N(CCCCCOc2ccc(-c3nn[nH]n3)cc2)CCN1c1ccncc1. The van der Waals surface area contributed by atoms with E-state index in [0.29, 0.717) is 24.6 Å². The molecule has 4 amide bonds. The van der Waals surface area contributed by atoms with E-state index < -0.39 is 0 Å². The highest BCUT2D eigenvalue weighted by Crippen LogP contribution is 2.22. The Hall–Kier alpha value is -5.87. The molecule has 300 valence electrons. The summed E-state index contributed by atoms with van der Waals surface area (Å²) in [6.07, 6.45) is 12.7. The Balaban J connectivity index is 0.000000246. The Morgan fingerprint density at radius 1 is 0.632 bits per heavy atom. The number of benzene rings is 2. The first kappa shape index (κ1) is 43.9. The third-order valence-electron chi connectivity index (χ3n) is 9.26. The molecule has 2 fully saturated rings. The Morgan fingerprint density at radius 3 is 1.54 bits per heavy atom. The highest BCUT2D eigenvalue weighted by atomic mass is 127. The number of unbranched alkanes of at least 4 members (excludes halogenated alkanes) is 4. The second-order valence-corrected chi connectivity index (χ2v) is 13.0. The minimum absolute atomic E-state index is 0. The predicted octanol–water partition coefficient (Wildman–Crippen LogP) is 6.98. The van der Waals surface area contributed by atoms with Crippen molar-refractivity contribution in [2.24, 2.45) is 0 Å². The summed E-state index contributed by atoms with van der Waals surface area (Å²) in [6.45, 7) is 5.84. The highest BCUT2D eigenvalue weighted by Gasteiger charge is 2.29. The number of rotatable bonds is 17. The fourth-order valence-electron chi connectivity index (χ4n) is 6.26. The maximum atomic E-state index is 12.5. The Labute approximate surface area is 349 Å². The van der Waals surface area contributed by atoms with Gasteiger partial charge in [-0.2, -0.15) is 10.5 Å². The van der Waals surface area contributed by atoms with E-state index in [1.54, 1.807) is 41.8 Å². The molecule has 3 aromatic heterocycles. The van der Waals surface area contributed by atoms with Crippen molar-refractivity contribution in [1.29, 1.82) is 5.26 Å². The number of hydrogen-bond donors (Lipinski definition) is 2. The van der Waals surface area contributed by atoms with Crippen LogP contribution in [-0.4, -0.2) is 105 Å². The number of hydrogen-bond acceptors (Lipinski definition) is 11. The number of nitrogens with one attached hydrogen (secondary N) is 1. The van der Waals surface area contributed by atoms with E-state index in [4.69, 9.17) is 14.7 Å². The molecule has 17 heteroatoms. The van der Waals surface area contributed by atoms with Gasteiger partial charge in [-0.1, -0.05) is 0 Å². The second kappa shape index (κ2) is 23.3. The first-order valence-corrected chi connectivity index (χ1v) is 18.6. The molecule has 0 radical (unpaired) electrons. The highest BCUT2D eigenvalue weighted by molar-refractivity contribution is 14.0. The van der Waals surface area contributed by atoms with E-state index in [1.807, 2.05) is 75.4 Å². The number of carbonyl (C=O) groups is 2. The Kier molecular flexibility index (Phi) is 17.9. The smallest absolute Gasteiger partial charge is 0.324 e. The van der Waals surface area contributed by atoms with Crippen molar-refractivity contribution in [1.82, 2.24) is 46.5 Å². The molecule has 0 atom stereocenters. The average Bonchev–Trinajstić information content (AvgIpc) is 4.00. The van der Waals surface area contributed by atoms with E-state index in [1.165, 1.54) is 0 Å². The normalized spacial score (nSPS) is 13.3. The first-order valence-electron chi connectivity index (χ1n) is 18.6. The van der Waals surface area contributed by atoms with Crippen molar-refractivity contribution in [3.05, 3.63) is 103 Å². The van der Waals surface area contributed by atoms with Gasteiger partial charge in [0.05, 0.1) is 24.8 Å². The summed E-state index contributed by atoms with van der Waals surface area (Å²) in [5.74, 6) is 2.17. The lowest BCUT2D eigenvalue weighted by Gasteiger charge is -2.18. The average molecular weight is 889 g/mol. The van der Waals surface area contributed by atoms with Crippen LogP contribution in [-0.2, 0) is 0 Å². The van der Waals surface area contributed by atoms with E-state index in [0.717, 1.165) is 106 Å². The van der Waals surface area contributed by atoms with Gasteiger partial charge in [0.25, 0.3) is 0 Å². The van der Waals surface area contributed by atoms with Crippen LogP contribution in [0.15, 0.2) is 97.6 Å². The van der Waals surface area contributed by atoms with E-state index in [2.05, 4.69) is 36.7 Å². The number of nitriles is 1. The number of aromatic nitrogens is 6. The quantitative estimate of drug-likeness (QED) is 0.0720. The van der Waals surface area contributed by atoms with Gasteiger partial charge >= 0.3 is 12.1 Å². The molecule has 0 bridgehead atoms. The number of urea groups is 2. The molecule has 7 rings (SSSR count). The number of anilines is 2. The molecule has 57 heavy (non-hydrogen) atoms. The number of nitrogens with zero attached hydrogens (tertiary/aromatic N) is 10. The van der Waals surface area contributed by atoms with Gasteiger partial charge in [-0.25, -0.2) is 9.59 Å². The maximum Gasteiger partial charge on any atom is 0.324 e. The van der Waals surface area contributed by atoms with E-state index in [9.17, 15) is 9.59 Å². The summed E-state index contributed by atoms with van der Waals surface area (Å²) < 4.78 is 11.5. The molecule has 16 nitrogen and oxygen atoms in total. The molecule has 2 aliphatic rings. The number of aromatic amines is 1. The zero-order valence-corrected chi connectivity index (χ0v) is 34.2. The monoisotopic (exact) mass is 888 g/mol. The van der Waals surface area contributed by atoms with Crippen LogP contribution in [0.5, 0.6) is 11.5 Å². The number of H-pyrrole nitrogens is 1. The number of tetrazole rings is 1. The third-order valence-corrected chi connectivity index (χ3v) is 9.26. The van der Waals surface area contributed by atoms with E-state index >= 15 is 0 Å². The van der Waals surface area contributed by atoms with Gasteiger partial charge in [0.1, 0.15) is 11.5 Å². The number of carbonyl (C=O) groups excluding carboxylic acids is 2. The molecule has 0 saturated carbocycles. The topological polar surface area (TPSA) is 205 Å². The minimum atomic E-state index is 0. The van der Waals surface area contributed by atoms with Crippen LogP contribution in [0.4, 0.5) is 21.0 Å². The largest absolute Gasteiger partial charge is 0.494 e. The summed E-state index contributed by atoms with van der Waals surface area (Å²) in [5.41, 5.74) is 3.34. The van der Waals surface area contributed by atoms with E-state index in [-0.39, 0.29) is 42.2 Å². The number of amides is 4. The third kappa shape index (κ3) is 12.8. The molecular weight excluding hydrogens is 839 g/mol. The van der Waals surface area contributed by atoms with Crippen LogP contribution >= 0.6 is 24.0 Å². The molecule has 4 N–H and O–H groups in total. The standard InChI is InChI=1S/C20H23N7O2.C20H22N4O2.HI.H3N/c28-20-26(13-14-27(20)17-8-10-21-11-9-17)12-2-1-3-15-29-18-6-4-16(5-7-18)19-22-24-25-23-19;21-16-17-4-6-19(7-5-17)26-15-3-1-2-12-23-13-14-24(20(23)25)18-8-10-22-11-9-18;;/h4-11H,1-3,12-15H2,(H,22,23,24,25);4-11H,1-3,12-15H2;1H;1H3. The first-order chi connectivity index (χ1) is 27.1. The lowest BCUT2D eigenvalue weighted by Crippen LogP contribution is -2.32. The van der Waals surface area contributed by atoms with Crippen molar-refractivity contribution in [2.45, 2.75) is 38.5 Å². The fourth-order valence-corrected chi connectivity index (χ4v) is 6.26. The van der Waals surface area contributed by atoms with Crippen LogP contribution in [0.25, 0.3) is 11.4 Å². The van der Waals surface area contributed by atoms with Crippen LogP contribution in [0.3, 0.4) is 0 Å². The van der Waals surface area contributed by atoms with Gasteiger partial charge in [-0.15, -0.1) is 34.2 Å². The summed E-state index contributed by atoms with van der Waals surface area (Å²) in [7, 11) is 0. The van der Waals surface area contributed by atoms with Gasteiger partial charge in [-0.05, 0) is 117 Å². The zero-order chi connectivity index (χ0) is 38.1. The van der Waals surface area contributed by atoms with Crippen molar-refractivity contribution >= 4 is 47.4 Å². The molecule has 2 aliphatic heterocycles. The summed E-state index contributed by atoms with van der Waals surface area (Å²) in [5, 5.41) is 22.7. The van der Waals surface area contributed by atoms with Crippen LogP contribution in [0, 0.1) is 11.3 Å². The molecular formula is C40H49IN12O4. The van der Waals surface area contributed by atoms with Gasteiger partial charge < -0.3 is 25.4 Å². The van der Waals surface area contributed by atoms with Crippen LogP contribution < -0.4 is 25.4 Å². The summed E-state index contributed by atoms with van der Waals surface area (Å²) in [6, 6.07) is 24.5. The van der Waals surface area contributed by atoms with Crippen LogP contribution in [0.1, 0.15) is 44.1 Å². The number of halogens is 1. The molecule has 0 unspecified atom stereocenters. The van der Waals surface area contributed by atoms with Crippen molar-refractivity contribution in [2.75, 3.05) is 62.3 Å². The van der Waals surface area contributed by atoms with Gasteiger partial charge in [0.15, 0.2) is 0 Å². The molecule has 0 aliphatic carbocycles. The Morgan fingerprint density at radius 2 is 1.11 bits per heavy atom. The van der Waals surface area contributed by atoms with Crippen LogP contribution in [0.2, 0.25) is 0 Å². The second-order valence-electron chi connectivity index (χ2n) is 13.0. The van der Waals surface area contributed by atoms with Gasteiger partial charge in [0.2, 0.25) is 5.82 Å². The zero-order valence-electron chi connectivity index (χ0n) is 31.9. The summed E-state index contributed by atoms with van der Waals surface area (Å²) in [4.78, 5) is 40.4. The molecule has 2 aromatic carbocycles. The summed E-state index contributed by atoms with van der Waals surface area (Å²) >= 11 is 0. The number of ether oxygens (including phenoxy) is 2. The van der Waals surface area contributed by atoms with Gasteiger partial charge in [0, 0.05) is 81.0 Å². The minimum Gasteiger partial charge on any atom is -0.494 e.